The first-order valence-corrected chi connectivity index (χ1v) is 5.04. The van der Waals surface area contributed by atoms with Crippen LogP contribution in [0.2, 0.25) is 0 Å². The fourth-order valence-corrected chi connectivity index (χ4v) is 2.12. The van der Waals surface area contributed by atoms with Gasteiger partial charge in [-0.1, -0.05) is 0 Å². The highest BCUT2D eigenvalue weighted by Gasteiger charge is 2.14. The number of rotatable bonds is 2. The highest BCUT2D eigenvalue weighted by molar-refractivity contribution is 7.20. The molecular weight excluding hydrogens is 230 g/mol. The molecule has 0 aliphatic rings. The van der Waals surface area contributed by atoms with Crippen molar-refractivity contribution in [2.24, 2.45) is 5.73 Å². The van der Waals surface area contributed by atoms with Gasteiger partial charge in [0.25, 0.3) is 5.91 Å². The zero-order chi connectivity index (χ0) is 11.9. The maximum atomic E-state index is 10.9. The van der Waals surface area contributed by atoms with E-state index in [4.69, 9.17) is 16.6 Å². The second-order valence-electron chi connectivity index (χ2n) is 3.10. The smallest absolute Gasteiger partial charge is 0.337 e. The Morgan fingerprint density at radius 2 is 2.06 bits per heavy atom. The minimum absolute atomic E-state index is 0.00725. The van der Waals surface area contributed by atoms with E-state index < -0.39 is 11.9 Å². The molecule has 16 heavy (non-hydrogen) atoms. The van der Waals surface area contributed by atoms with Crippen molar-refractivity contribution >= 4 is 39.1 Å². The fraction of sp³-hybridized carbons (Fsp3) is 0. The monoisotopic (exact) mass is 237 g/mol. The number of amides is 1. The van der Waals surface area contributed by atoms with Crippen LogP contribution in [-0.2, 0) is 0 Å². The van der Waals surface area contributed by atoms with E-state index in [2.05, 4.69) is 4.98 Å². The predicted octanol–water partition coefficient (Wildman–Crippen LogP) is 0.676. The fourth-order valence-electron chi connectivity index (χ4n) is 1.28. The normalized spacial score (nSPS) is 10.5. The van der Waals surface area contributed by atoms with Gasteiger partial charge < -0.3 is 16.6 Å². The van der Waals surface area contributed by atoms with Crippen molar-refractivity contribution in [2.75, 3.05) is 5.73 Å². The second kappa shape index (κ2) is 3.46. The van der Waals surface area contributed by atoms with Crippen molar-refractivity contribution in [1.82, 2.24) is 4.98 Å². The summed E-state index contributed by atoms with van der Waals surface area (Å²) in [4.78, 5) is 25.7. The lowest BCUT2D eigenvalue weighted by molar-refractivity contribution is 0.0698. The first-order valence-electron chi connectivity index (χ1n) is 4.22. The Morgan fingerprint density at radius 1 is 1.38 bits per heavy atom. The van der Waals surface area contributed by atoms with E-state index >= 15 is 0 Å². The van der Waals surface area contributed by atoms with Gasteiger partial charge in [-0.25, -0.2) is 9.78 Å². The maximum absolute atomic E-state index is 10.9. The summed E-state index contributed by atoms with van der Waals surface area (Å²) in [6.07, 6.45) is 0. The number of carbonyl (C=O) groups is 2. The summed E-state index contributed by atoms with van der Waals surface area (Å²) >= 11 is 1.04. The number of anilines is 1. The molecule has 2 aromatic rings. The molecule has 1 heterocycles. The molecule has 0 unspecified atom stereocenters. The molecule has 1 amide bonds. The van der Waals surface area contributed by atoms with Crippen LogP contribution in [0.15, 0.2) is 12.1 Å². The topological polar surface area (TPSA) is 119 Å². The van der Waals surface area contributed by atoms with Gasteiger partial charge in [-0.15, -0.1) is 11.3 Å². The molecule has 0 atom stereocenters. The molecule has 0 fully saturated rings. The van der Waals surface area contributed by atoms with Crippen LogP contribution in [0.25, 0.3) is 10.2 Å². The van der Waals surface area contributed by atoms with E-state index in [9.17, 15) is 9.59 Å². The van der Waals surface area contributed by atoms with Crippen molar-refractivity contribution < 1.29 is 14.7 Å². The van der Waals surface area contributed by atoms with Gasteiger partial charge in [0.1, 0.15) is 0 Å². The Bertz CT molecular complexity index is 605. The van der Waals surface area contributed by atoms with Crippen LogP contribution >= 0.6 is 11.3 Å². The lowest BCUT2D eigenvalue weighted by Crippen LogP contribution is -2.09. The molecule has 1 aromatic heterocycles. The summed E-state index contributed by atoms with van der Waals surface area (Å²) in [7, 11) is 0. The molecule has 7 heteroatoms. The largest absolute Gasteiger partial charge is 0.478 e. The van der Waals surface area contributed by atoms with Gasteiger partial charge in [0, 0.05) is 5.69 Å². The summed E-state index contributed by atoms with van der Waals surface area (Å²) < 4.78 is 0.570. The van der Waals surface area contributed by atoms with Gasteiger partial charge in [-0.05, 0) is 12.1 Å². The van der Waals surface area contributed by atoms with E-state index in [1.54, 1.807) is 0 Å². The number of carboxylic acid groups (broad SMARTS) is 1. The van der Waals surface area contributed by atoms with Crippen LogP contribution in [0, 0.1) is 0 Å². The van der Waals surface area contributed by atoms with E-state index in [-0.39, 0.29) is 16.3 Å². The van der Waals surface area contributed by atoms with Crippen molar-refractivity contribution in [1.29, 1.82) is 0 Å². The van der Waals surface area contributed by atoms with E-state index in [0.29, 0.717) is 10.2 Å². The number of nitrogens with two attached hydrogens (primary N) is 2. The lowest BCUT2D eigenvalue weighted by atomic mass is 10.2. The van der Waals surface area contributed by atoms with Gasteiger partial charge >= 0.3 is 5.97 Å². The molecular formula is C9H7N3O3S. The van der Waals surface area contributed by atoms with Crippen molar-refractivity contribution in [3.8, 4) is 0 Å². The van der Waals surface area contributed by atoms with Crippen LogP contribution in [0.3, 0.4) is 0 Å². The Hall–Kier alpha value is -2.15. The number of hydrogen-bond donors (Lipinski definition) is 3. The molecule has 82 valence electrons. The van der Waals surface area contributed by atoms with Crippen molar-refractivity contribution in [3.63, 3.8) is 0 Å². The van der Waals surface area contributed by atoms with Crippen LogP contribution < -0.4 is 11.5 Å². The lowest BCUT2D eigenvalue weighted by Gasteiger charge is -1.98. The van der Waals surface area contributed by atoms with Crippen molar-refractivity contribution in [3.05, 3.63) is 22.7 Å². The van der Waals surface area contributed by atoms with Gasteiger partial charge in [-0.2, -0.15) is 0 Å². The third-order valence-electron chi connectivity index (χ3n) is 2.00. The average Bonchev–Trinajstić information content (AvgIpc) is 2.58. The zero-order valence-corrected chi connectivity index (χ0v) is 8.75. The second-order valence-corrected chi connectivity index (χ2v) is 4.13. The van der Waals surface area contributed by atoms with E-state index in [1.165, 1.54) is 12.1 Å². The average molecular weight is 237 g/mol. The standard InChI is InChI=1S/C9H7N3O3S/c10-4-2-5-6(1-3(4)9(14)15)16-8(12-5)7(11)13/h1-2H,10H2,(H2,11,13)(H,14,15). The highest BCUT2D eigenvalue weighted by atomic mass is 32.1. The molecule has 0 bridgehead atoms. The number of aromatic nitrogens is 1. The number of thiazole rings is 1. The number of aromatic carboxylic acids is 1. The Kier molecular flexibility index (Phi) is 2.24. The third kappa shape index (κ3) is 1.57. The van der Waals surface area contributed by atoms with Crippen LogP contribution in [0.1, 0.15) is 20.2 Å². The molecule has 0 saturated heterocycles. The molecule has 2 rings (SSSR count). The molecule has 1 aromatic carbocycles. The SMILES string of the molecule is NC(=O)c1nc2cc(N)c(C(=O)O)cc2s1. The van der Waals surface area contributed by atoms with E-state index in [0.717, 1.165) is 11.3 Å². The molecule has 6 nitrogen and oxygen atoms in total. The minimum Gasteiger partial charge on any atom is -0.478 e. The molecule has 0 aliphatic carbocycles. The number of carbonyl (C=O) groups excluding carboxylic acids is 1. The molecule has 5 N–H and O–H groups in total. The van der Waals surface area contributed by atoms with Gasteiger partial charge in [0.15, 0.2) is 5.01 Å². The predicted molar refractivity (Wildman–Crippen MR) is 59.5 cm³/mol. The van der Waals surface area contributed by atoms with E-state index in [1.807, 2.05) is 0 Å². The number of carboxylic acids is 1. The number of fused-ring (bicyclic) bond motifs is 1. The number of benzene rings is 1. The maximum Gasteiger partial charge on any atom is 0.337 e. The first kappa shape index (κ1) is 10.4. The Balaban J connectivity index is 2.70. The summed E-state index contributed by atoms with van der Waals surface area (Å²) in [5.41, 5.74) is 11.2. The van der Waals surface area contributed by atoms with Gasteiger partial charge in [0.05, 0.1) is 15.8 Å². The highest BCUT2D eigenvalue weighted by Crippen LogP contribution is 2.26. The minimum atomic E-state index is -1.12. The quantitative estimate of drug-likeness (QED) is 0.663. The molecule has 0 radical (unpaired) electrons. The first-order chi connectivity index (χ1) is 7.49. The molecule has 0 aliphatic heterocycles. The Labute approximate surface area is 93.5 Å². The molecule has 0 saturated carbocycles. The summed E-state index contributed by atoms with van der Waals surface area (Å²) in [6.45, 7) is 0. The Morgan fingerprint density at radius 3 is 2.62 bits per heavy atom. The van der Waals surface area contributed by atoms with Gasteiger partial charge in [-0.3, -0.25) is 4.79 Å². The van der Waals surface area contributed by atoms with Crippen LogP contribution in [0.5, 0.6) is 0 Å². The summed E-state index contributed by atoms with van der Waals surface area (Å²) in [5.74, 6) is -1.76. The third-order valence-corrected chi connectivity index (χ3v) is 3.03. The number of hydrogen-bond acceptors (Lipinski definition) is 5. The summed E-state index contributed by atoms with van der Waals surface area (Å²) in [6, 6.07) is 2.80. The van der Waals surface area contributed by atoms with Crippen LogP contribution in [-0.4, -0.2) is 22.0 Å². The summed E-state index contributed by atoms with van der Waals surface area (Å²) in [5, 5.41) is 8.99. The number of nitrogens with zero attached hydrogens (tertiary/aromatic N) is 1. The zero-order valence-electron chi connectivity index (χ0n) is 7.93. The van der Waals surface area contributed by atoms with Crippen molar-refractivity contribution in [2.45, 2.75) is 0 Å². The van der Waals surface area contributed by atoms with Gasteiger partial charge in [0.2, 0.25) is 0 Å². The van der Waals surface area contributed by atoms with Crippen LogP contribution in [0.4, 0.5) is 5.69 Å². The molecule has 0 spiro atoms. The number of nitrogen functional groups attached to an aromatic ring is 1. The number of primary amides is 1.